The van der Waals surface area contributed by atoms with Crippen LogP contribution in [0.3, 0.4) is 0 Å². The lowest BCUT2D eigenvalue weighted by Gasteiger charge is -2.03. The van der Waals surface area contributed by atoms with Crippen LogP contribution in [0, 0.1) is 0 Å². The molecule has 90 valence electrons. The predicted octanol–water partition coefficient (Wildman–Crippen LogP) is 2.90. The summed E-state index contributed by atoms with van der Waals surface area (Å²) in [5.41, 5.74) is 5.85. The molecule has 17 heavy (non-hydrogen) atoms. The van der Waals surface area contributed by atoms with Gasteiger partial charge in [0, 0.05) is 15.6 Å². The quantitative estimate of drug-likeness (QED) is 0.947. The second-order valence-electron chi connectivity index (χ2n) is 3.25. The standard InChI is InChI=1S/C10H8BrF2N3O/c11-7-3-5(1-2-6(7)9(12)13)10-15-8(4-14)17-16-10/h1-3,9H,4,14H2. The molecular formula is C10H8BrF2N3O. The number of hydrogen-bond donors (Lipinski definition) is 1. The minimum Gasteiger partial charge on any atom is -0.338 e. The Labute approximate surface area is 104 Å². The maximum atomic E-state index is 12.5. The van der Waals surface area contributed by atoms with Crippen molar-refractivity contribution in [2.75, 3.05) is 0 Å². The van der Waals surface area contributed by atoms with Crippen LogP contribution in [0.15, 0.2) is 27.2 Å². The largest absolute Gasteiger partial charge is 0.338 e. The van der Waals surface area contributed by atoms with Gasteiger partial charge in [0.05, 0.1) is 6.54 Å². The molecule has 1 heterocycles. The van der Waals surface area contributed by atoms with Gasteiger partial charge >= 0.3 is 0 Å². The average Bonchev–Trinajstić information content (AvgIpc) is 2.76. The van der Waals surface area contributed by atoms with Crippen LogP contribution >= 0.6 is 15.9 Å². The third-order valence-corrected chi connectivity index (χ3v) is 2.82. The molecule has 2 rings (SSSR count). The zero-order valence-electron chi connectivity index (χ0n) is 8.53. The third kappa shape index (κ3) is 2.50. The second kappa shape index (κ2) is 4.89. The van der Waals surface area contributed by atoms with E-state index in [-0.39, 0.29) is 12.1 Å². The summed E-state index contributed by atoms with van der Waals surface area (Å²) in [6.45, 7) is 0.142. The molecule has 1 aromatic carbocycles. The van der Waals surface area contributed by atoms with Gasteiger partial charge in [0.15, 0.2) is 0 Å². The van der Waals surface area contributed by atoms with E-state index < -0.39 is 6.43 Å². The molecule has 0 bridgehead atoms. The topological polar surface area (TPSA) is 64.9 Å². The number of hydrogen-bond acceptors (Lipinski definition) is 4. The number of alkyl halides is 2. The first-order chi connectivity index (χ1) is 8.11. The van der Waals surface area contributed by atoms with Gasteiger partial charge in [-0.25, -0.2) is 8.78 Å². The lowest BCUT2D eigenvalue weighted by molar-refractivity contribution is 0.150. The van der Waals surface area contributed by atoms with E-state index in [2.05, 4.69) is 26.1 Å². The van der Waals surface area contributed by atoms with E-state index in [4.69, 9.17) is 10.3 Å². The Kier molecular flexibility index (Phi) is 3.49. The average molecular weight is 304 g/mol. The summed E-state index contributed by atoms with van der Waals surface area (Å²) in [5.74, 6) is 0.626. The van der Waals surface area contributed by atoms with Crippen LogP contribution in [0.1, 0.15) is 17.9 Å². The van der Waals surface area contributed by atoms with Crippen LogP contribution in [0.4, 0.5) is 8.78 Å². The minimum absolute atomic E-state index is 0.0729. The predicted molar refractivity (Wildman–Crippen MR) is 60.3 cm³/mol. The Hall–Kier alpha value is -1.34. The molecule has 0 atom stereocenters. The first-order valence-corrected chi connectivity index (χ1v) is 5.51. The summed E-state index contributed by atoms with van der Waals surface area (Å²) >= 11 is 3.08. The summed E-state index contributed by atoms with van der Waals surface area (Å²) in [6.07, 6.45) is -2.52. The van der Waals surface area contributed by atoms with Crippen LogP contribution in [-0.2, 0) is 6.54 Å². The van der Waals surface area contributed by atoms with Crippen molar-refractivity contribution < 1.29 is 13.3 Å². The zero-order valence-corrected chi connectivity index (χ0v) is 10.1. The molecule has 0 amide bonds. The monoisotopic (exact) mass is 303 g/mol. The van der Waals surface area contributed by atoms with Crippen LogP contribution < -0.4 is 5.73 Å². The number of halogens is 3. The molecule has 0 radical (unpaired) electrons. The molecule has 0 saturated carbocycles. The Morgan fingerprint density at radius 1 is 1.41 bits per heavy atom. The minimum atomic E-state index is -2.52. The molecule has 2 N–H and O–H groups in total. The maximum absolute atomic E-state index is 12.5. The molecule has 1 aromatic heterocycles. The SMILES string of the molecule is NCc1nc(-c2ccc(C(F)F)c(Br)c2)no1. The van der Waals surface area contributed by atoms with Gasteiger partial charge in [-0.2, -0.15) is 4.98 Å². The van der Waals surface area contributed by atoms with Crippen LogP contribution in [0.5, 0.6) is 0 Å². The van der Waals surface area contributed by atoms with E-state index >= 15 is 0 Å². The Morgan fingerprint density at radius 3 is 2.71 bits per heavy atom. The molecule has 2 aromatic rings. The van der Waals surface area contributed by atoms with E-state index in [0.717, 1.165) is 0 Å². The van der Waals surface area contributed by atoms with Gasteiger partial charge in [-0.05, 0) is 6.07 Å². The number of aromatic nitrogens is 2. The number of benzene rings is 1. The fourth-order valence-electron chi connectivity index (χ4n) is 1.30. The molecule has 7 heteroatoms. The molecule has 0 aliphatic carbocycles. The molecule has 0 fully saturated rings. The molecule has 0 spiro atoms. The van der Waals surface area contributed by atoms with E-state index in [0.29, 0.717) is 21.8 Å². The number of rotatable bonds is 3. The van der Waals surface area contributed by atoms with Crippen molar-refractivity contribution in [3.05, 3.63) is 34.1 Å². The smallest absolute Gasteiger partial charge is 0.264 e. The normalized spacial score (nSPS) is 11.1. The van der Waals surface area contributed by atoms with Crippen molar-refractivity contribution >= 4 is 15.9 Å². The molecule has 0 aliphatic heterocycles. The fourth-order valence-corrected chi connectivity index (χ4v) is 1.85. The second-order valence-corrected chi connectivity index (χ2v) is 4.11. The van der Waals surface area contributed by atoms with Gasteiger partial charge in [-0.15, -0.1) is 0 Å². The Bertz CT molecular complexity index is 530. The van der Waals surface area contributed by atoms with Crippen LogP contribution in [-0.4, -0.2) is 10.1 Å². The summed E-state index contributed by atoms with van der Waals surface area (Å²) in [4.78, 5) is 4.00. The molecule has 0 saturated heterocycles. The van der Waals surface area contributed by atoms with Crippen LogP contribution in [0.25, 0.3) is 11.4 Å². The summed E-state index contributed by atoms with van der Waals surface area (Å²) < 4.78 is 30.2. The summed E-state index contributed by atoms with van der Waals surface area (Å²) in [5, 5.41) is 3.70. The van der Waals surface area contributed by atoms with Gasteiger partial charge < -0.3 is 10.3 Å². The first kappa shape index (κ1) is 12.1. The summed E-state index contributed by atoms with van der Waals surface area (Å²) in [7, 11) is 0. The highest BCUT2D eigenvalue weighted by Gasteiger charge is 2.14. The van der Waals surface area contributed by atoms with E-state index in [1.807, 2.05) is 0 Å². The summed E-state index contributed by atoms with van der Waals surface area (Å²) in [6, 6.07) is 4.35. The highest BCUT2D eigenvalue weighted by Crippen LogP contribution is 2.30. The third-order valence-electron chi connectivity index (χ3n) is 2.14. The van der Waals surface area contributed by atoms with Crippen molar-refractivity contribution in [2.45, 2.75) is 13.0 Å². The lowest BCUT2D eigenvalue weighted by Crippen LogP contribution is -1.95. The van der Waals surface area contributed by atoms with Crippen molar-refractivity contribution in [2.24, 2.45) is 5.73 Å². The number of nitrogens with zero attached hydrogens (tertiary/aromatic N) is 2. The highest BCUT2D eigenvalue weighted by molar-refractivity contribution is 9.10. The first-order valence-electron chi connectivity index (χ1n) is 4.72. The maximum Gasteiger partial charge on any atom is 0.264 e. The Morgan fingerprint density at radius 2 is 2.18 bits per heavy atom. The molecular weight excluding hydrogens is 296 g/mol. The van der Waals surface area contributed by atoms with Gasteiger partial charge in [0.25, 0.3) is 6.43 Å². The van der Waals surface area contributed by atoms with Crippen molar-refractivity contribution in [1.29, 1.82) is 0 Å². The van der Waals surface area contributed by atoms with Gasteiger partial charge in [-0.1, -0.05) is 33.2 Å². The van der Waals surface area contributed by atoms with Gasteiger partial charge in [0.1, 0.15) is 0 Å². The van der Waals surface area contributed by atoms with Crippen molar-refractivity contribution in [3.63, 3.8) is 0 Å². The fraction of sp³-hybridized carbons (Fsp3) is 0.200. The molecule has 0 aliphatic rings. The molecule has 4 nitrogen and oxygen atoms in total. The van der Waals surface area contributed by atoms with E-state index in [1.165, 1.54) is 18.2 Å². The van der Waals surface area contributed by atoms with Crippen molar-refractivity contribution in [3.8, 4) is 11.4 Å². The van der Waals surface area contributed by atoms with Gasteiger partial charge in [-0.3, -0.25) is 0 Å². The number of nitrogens with two attached hydrogens (primary N) is 1. The lowest BCUT2D eigenvalue weighted by atomic mass is 10.1. The molecule has 0 unspecified atom stereocenters. The van der Waals surface area contributed by atoms with Crippen LogP contribution in [0.2, 0.25) is 0 Å². The Balaban J connectivity index is 2.37. The van der Waals surface area contributed by atoms with E-state index in [1.54, 1.807) is 0 Å². The van der Waals surface area contributed by atoms with E-state index in [9.17, 15) is 8.78 Å². The highest BCUT2D eigenvalue weighted by atomic mass is 79.9. The van der Waals surface area contributed by atoms with Gasteiger partial charge in [0.2, 0.25) is 11.7 Å². The zero-order chi connectivity index (χ0) is 12.4. The van der Waals surface area contributed by atoms with Crippen molar-refractivity contribution in [1.82, 2.24) is 10.1 Å².